The van der Waals surface area contributed by atoms with Crippen molar-refractivity contribution >= 4 is 17.7 Å². The maximum absolute atomic E-state index is 11.7. The van der Waals surface area contributed by atoms with E-state index in [4.69, 9.17) is 0 Å². The SMILES string of the molecule is COC(=O)C1CC(=O)N(c2cnccn2)C1. The van der Waals surface area contributed by atoms with Crippen LogP contribution in [-0.4, -0.2) is 35.5 Å². The largest absolute Gasteiger partial charge is 0.469 e. The van der Waals surface area contributed by atoms with Gasteiger partial charge in [-0.25, -0.2) is 4.98 Å². The molecule has 0 spiro atoms. The van der Waals surface area contributed by atoms with Crippen molar-refractivity contribution in [1.29, 1.82) is 0 Å². The number of ether oxygens (including phenoxy) is 1. The predicted octanol–water partition coefficient (Wildman–Crippen LogP) is 0.00250. The van der Waals surface area contributed by atoms with Crippen LogP contribution in [0.3, 0.4) is 0 Å². The first kappa shape index (κ1) is 10.5. The topological polar surface area (TPSA) is 72.4 Å². The average molecular weight is 221 g/mol. The van der Waals surface area contributed by atoms with Crippen LogP contribution in [0.15, 0.2) is 18.6 Å². The fourth-order valence-corrected chi connectivity index (χ4v) is 1.68. The number of amides is 1. The number of hydrogen-bond donors (Lipinski definition) is 0. The Bertz CT molecular complexity index is 407. The van der Waals surface area contributed by atoms with E-state index < -0.39 is 5.92 Å². The van der Waals surface area contributed by atoms with Crippen molar-refractivity contribution in [2.45, 2.75) is 6.42 Å². The molecule has 0 aromatic carbocycles. The second-order valence-corrected chi connectivity index (χ2v) is 3.49. The van der Waals surface area contributed by atoms with Gasteiger partial charge in [-0.1, -0.05) is 0 Å². The van der Waals surface area contributed by atoms with Gasteiger partial charge in [-0.3, -0.25) is 19.5 Å². The molecule has 1 aromatic rings. The number of esters is 1. The normalized spacial score (nSPS) is 19.9. The Labute approximate surface area is 92.3 Å². The van der Waals surface area contributed by atoms with Gasteiger partial charge in [-0.15, -0.1) is 0 Å². The van der Waals surface area contributed by atoms with Crippen molar-refractivity contribution in [3.05, 3.63) is 18.6 Å². The summed E-state index contributed by atoms with van der Waals surface area (Å²) in [5, 5.41) is 0. The van der Waals surface area contributed by atoms with E-state index >= 15 is 0 Å². The zero-order chi connectivity index (χ0) is 11.5. The molecule has 2 heterocycles. The molecule has 16 heavy (non-hydrogen) atoms. The number of carbonyl (C=O) groups is 2. The maximum Gasteiger partial charge on any atom is 0.311 e. The van der Waals surface area contributed by atoms with Crippen LogP contribution in [0.1, 0.15) is 6.42 Å². The Kier molecular flexibility index (Phi) is 2.80. The molecule has 1 aliphatic rings. The van der Waals surface area contributed by atoms with Crippen LogP contribution in [0.25, 0.3) is 0 Å². The van der Waals surface area contributed by atoms with Crippen LogP contribution < -0.4 is 4.90 Å². The number of methoxy groups -OCH3 is 1. The molecule has 1 amide bonds. The third kappa shape index (κ3) is 1.86. The lowest BCUT2D eigenvalue weighted by molar-refractivity contribution is -0.145. The van der Waals surface area contributed by atoms with Crippen molar-refractivity contribution in [2.75, 3.05) is 18.6 Å². The number of anilines is 1. The van der Waals surface area contributed by atoms with Gasteiger partial charge in [0.25, 0.3) is 0 Å². The molecule has 1 saturated heterocycles. The summed E-state index contributed by atoms with van der Waals surface area (Å²) in [6.07, 6.45) is 4.71. The second-order valence-electron chi connectivity index (χ2n) is 3.49. The van der Waals surface area contributed by atoms with Crippen LogP contribution in [0, 0.1) is 5.92 Å². The van der Waals surface area contributed by atoms with E-state index in [1.165, 1.54) is 30.6 Å². The average Bonchev–Trinajstić information content (AvgIpc) is 2.71. The van der Waals surface area contributed by atoms with Crippen molar-refractivity contribution in [3.63, 3.8) is 0 Å². The highest BCUT2D eigenvalue weighted by molar-refractivity contribution is 5.98. The van der Waals surface area contributed by atoms with E-state index in [2.05, 4.69) is 14.7 Å². The predicted molar refractivity (Wildman–Crippen MR) is 54.5 cm³/mol. The maximum atomic E-state index is 11.7. The van der Waals surface area contributed by atoms with Crippen molar-refractivity contribution in [3.8, 4) is 0 Å². The van der Waals surface area contributed by atoms with Crippen LogP contribution >= 0.6 is 0 Å². The monoisotopic (exact) mass is 221 g/mol. The Morgan fingerprint density at radius 3 is 3.00 bits per heavy atom. The highest BCUT2D eigenvalue weighted by Gasteiger charge is 2.36. The molecule has 1 aliphatic heterocycles. The van der Waals surface area contributed by atoms with E-state index in [-0.39, 0.29) is 18.3 Å². The Balaban J connectivity index is 2.14. The molecule has 1 atom stereocenters. The molecule has 0 saturated carbocycles. The molecule has 84 valence electrons. The van der Waals surface area contributed by atoms with Gasteiger partial charge in [0.1, 0.15) is 0 Å². The molecule has 1 aromatic heterocycles. The number of hydrogen-bond acceptors (Lipinski definition) is 5. The van der Waals surface area contributed by atoms with Gasteiger partial charge in [0.05, 0.1) is 19.2 Å². The van der Waals surface area contributed by atoms with Gasteiger partial charge in [0, 0.05) is 25.4 Å². The molecule has 0 bridgehead atoms. The second kappa shape index (κ2) is 4.26. The Morgan fingerprint density at radius 2 is 2.38 bits per heavy atom. The van der Waals surface area contributed by atoms with Crippen molar-refractivity contribution < 1.29 is 14.3 Å². The summed E-state index contributed by atoms with van der Waals surface area (Å²) in [6, 6.07) is 0. The standard InChI is InChI=1S/C10H11N3O3/c1-16-10(15)7-4-9(14)13(6-7)8-5-11-2-3-12-8/h2-3,5,7H,4,6H2,1H3. The molecule has 6 nitrogen and oxygen atoms in total. The zero-order valence-corrected chi connectivity index (χ0v) is 8.79. The van der Waals surface area contributed by atoms with Gasteiger partial charge >= 0.3 is 5.97 Å². The smallest absolute Gasteiger partial charge is 0.311 e. The Hall–Kier alpha value is -1.98. The van der Waals surface area contributed by atoms with Gasteiger partial charge < -0.3 is 4.74 Å². The van der Waals surface area contributed by atoms with Gasteiger partial charge in [0.2, 0.25) is 5.91 Å². The number of rotatable bonds is 2. The van der Waals surface area contributed by atoms with E-state index in [0.717, 1.165) is 0 Å². The lowest BCUT2D eigenvalue weighted by Crippen LogP contribution is -2.27. The molecule has 0 N–H and O–H groups in total. The van der Waals surface area contributed by atoms with Gasteiger partial charge in [-0.2, -0.15) is 0 Å². The minimum Gasteiger partial charge on any atom is -0.469 e. The van der Waals surface area contributed by atoms with Crippen molar-refractivity contribution in [2.24, 2.45) is 5.92 Å². The third-order valence-electron chi connectivity index (χ3n) is 2.49. The molecule has 1 fully saturated rings. The quantitative estimate of drug-likeness (QED) is 0.657. The number of aromatic nitrogens is 2. The summed E-state index contributed by atoms with van der Waals surface area (Å²) < 4.78 is 4.61. The molecule has 0 radical (unpaired) electrons. The summed E-state index contributed by atoms with van der Waals surface area (Å²) >= 11 is 0. The van der Waals surface area contributed by atoms with Gasteiger partial charge in [0.15, 0.2) is 5.82 Å². The fourth-order valence-electron chi connectivity index (χ4n) is 1.68. The van der Waals surface area contributed by atoms with E-state index in [1.807, 2.05) is 0 Å². The summed E-state index contributed by atoms with van der Waals surface area (Å²) in [6.45, 7) is 0.310. The van der Waals surface area contributed by atoms with Crippen LogP contribution in [0.2, 0.25) is 0 Å². The third-order valence-corrected chi connectivity index (χ3v) is 2.49. The number of nitrogens with zero attached hydrogens (tertiary/aromatic N) is 3. The van der Waals surface area contributed by atoms with E-state index in [1.54, 1.807) is 0 Å². The zero-order valence-electron chi connectivity index (χ0n) is 8.79. The highest BCUT2D eigenvalue weighted by atomic mass is 16.5. The fraction of sp³-hybridized carbons (Fsp3) is 0.400. The molecule has 6 heteroatoms. The first-order valence-electron chi connectivity index (χ1n) is 4.86. The number of carbonyl (C=O) groups excluding carboxylic acids is 2. The lowest BCUT2D eigenvalue weighted by atomic mass is 10.1. The van der Waals surface area contributed by atoms with Crippen molar-refractivity contribution in [1.82, 2.24) is 9.97 Å². The molecule has 1 unspecified atom stereocenters. The molecule has 2 rings (SSSR count). The summed E-state index contributed by atoms with van der Waals surface area (Å²) in [7, 11) is 1.32. The summed E-state index contributed by atoms with van der Waals surface area (Å²) in [4.78, 5) is 32.3. The minimum atomic E-state index is -0.403. The molecule has 0 aliphatic carbocycles. The minimum absolute atomic E-state index is 0.129. The van der Waals surface area contributed by atoms with E-state index in [0.29, 0.717) is 12.4 Å². The first-order chi connectivity index (χ1) is 7.72. The molecular formula is C10H11N3O3. The van der Waals surface area contributed by atoms with Crippen LogP contribution in [-0.2, 0) is 14.3 Å². The summed E-state index contributed by atoms with van der Waals surface area (Å²) in [5.41, 5.74) is 0. The Morgan fingerprint density at radius 1 is 1.56 bits per heavy atom. The first-order valence-corrected chi connectivity index (χ1v) is 4.86. The van der Waals surface area contributed by atoms with Gasteiger partial charge in [-0.05, 0) is 0 Å². The lowest BCUT2D eigenvalue weighted by Gasteiger charge is -2.13. The van der Waals surface area contributed by atoms with E-state index in [9.17, 15) is 9.59 Å². The molecular weight excluding hydrogens is 210 g/mol. The highest BCUT2D eigenvalue weighted by Crippen LogP contribution is 2.23. The van der Waals surface area contributed by atoms with Crippen LogP contribution in [0.4, 0.5) is 5.82 Å². The van der Waals surface area contributed by atoms with Crippen LogP contribution in [0.5, 0.6) is 0 Å². The summed E-state index contributed by atoms with van der Waals surface area (Å²) in [5.74, 6) is -0.422.